The minimum Gasteiger partial charge on any atom is -0.303 e. The van der Waals surface area contributed by atoms with Crippen molar-refractivity contribution in [1.29, 1.82) is 0 Å². The number of benzene rings is 1. The average molecular weight is 315 g/mol. The monoisotopic (exact) mass is 315 g/mol. The molecule has 1 aromatic carbocycles. The number of thiophene rings is 1. The van der Waals surface area contributed by atoms with E-state index in [0.29, 0.717) is 11.7 Å². The van der Waals surface area contributed by atoms with Crippen molar-refractivity contribution in [3.63, 3.8) is 0 Å². The highest BCUT2D eigenvalue weighted by atomic mass is 32.1. The van der Waals surface area contributed by atoms with Gasteiger partial charge in [-0.25, -0.2) is 0 Å². The SMILES string of the molecule is CC(C)C(CN1CCCCC1)C(=O)c1csc2ccccc12. The van der Waals surface area contributed by atoms with Gasteiger partial charge in [0, 0.05) is 33.5 Å². The van der Waals surface area contributed by atoms with Crippen LogP contribution < -0.4 is 0 Å². The van der Waals surface area contributed by atoms with Gasteiger partial charge in [0.25, 0.3) is 0 Å². The molecule has 0 aliphatic carbocycles. The van der Waals surface area contributed by atoms with Gasteiger partial charge in [0.2, 0.25) is 0 Å². The van der Waals surface area contributed by atoms with Crippen molar-refractivity contribution >= 4 is 27.2 Å². The van der Waals surface area contributed by atoms with Crippen LogP contribution in [0.25, 0.3) is 10.1 Å². The van der Waals surface area contributed by atoms with Crippen LogP contribution in [0.15, 0.2) is 29.6 Å². The third-order valence-electron chi connectivity index (χ3n) is 4.79. The maximum Gasteiger partial charge on any atom is 0.168 e. The predicted molar refractivity (Wildman–Crippen MR) is 94.8 cm³/mol. The Morgan fingerprint density at radius 3 is 2.64 bits per heavy atom. The molecule has 0 radical (unpaired) electrons. The van der Waals surface area contributed by atoms with E-state index in [1.165, 1.54) is 24.0 Å². The van der Waals surface area contributed by atoms with Crippen molar-refractivity contribution < 1.29 is 4.79 Å². The van der Waals surface area contributed by atoms with Gasteiger partial charge < -0.3 is 4.90 Å². The number of nitrogens with zero attached hydrogens (tertiary/aromatic N) is 1. The van der Waals surface area contributed by atoms with E-state index in [9.17, 15) is 4.79 Å². The summed E-state index contributed by atoms with van der Waals surface area (Å²) in [6.07, 6.45) is 3.90. The Kier molecular flexibility index (Phi) is 4.94. The summed E-state index contributed by atoms with van der Waals surface area (Å²) in [4.78, 5) is 15.6. The van der Waals surface area contributed by atoms with Crippen molar-refractivity contribution in [3.8, 4) is 0 Å². The van der Waals surface area contributed by atoms with Gasteiger partial charge in [-0.05, 0) is 37.9 Å². The number of carbonyl (C=O) groups is 1. The van der Waals surface area contributed by atoms with Crippen molar-refractivity contribution in [2.75, 3.05) is 19.6 Å². The molecule has 0 bridgehead atoms. The van der Waals surface area contributed by atoms with Gasteiger partial charge in [-0.3, -0.25) is 4.79 Å². The zero-order chi connectivity index (χ0) is 15.5. The lowest BCUT2D eigenvalue weighted by Gasteiger charge is -2.31. The van der Waals surface area contributed by atoms with Gasteiger partial charge in [0.1, 0.15) is 0 Å². The third-order valence-corrected chi connectivity index (χ3v) is 5.76. The number of hydrogen-bond acceptors (Lipinski definition) is 3. The number of carbonyl (C=O) groups excluding carboxylic acids is 1. The first-order chi connectivity index (χ1) is 10.7. The molecule has 22 heavy (non-hydrogen) atoms. The summed E-state index contributed by atoms with van der Waals surface area (Å²) in [6, 6.07) is 8.25. The molecular weight excluding hydrogens is 290 g/mol. The lowest BCUT2D eigenvalue weighted by Crippen LogP contribution is -2.38. The second kappa shape index (κ2) is 6.93. The van der Waals surface area contributed by atoms with Crippen molar-refractivity contribution in [1.82, 2.24) is 4.90 Å². The second-order valence-corrected chi connectivity index (χ2v) is 7.63. The molecule has 2 nitrogen and oxygen atoms in total. The first kappa shape index (κ1) is 15.7. The van der Waals surface area contributed by atoms with Crippen LogP contribution in [0.2, 0.25) is 0 Å². The van der Waals surface area contributed by atoms with E-state index < -0.39 is 0 Å². The highest BCUT2D eigenvalue weighted by Gasteiger charge is 2.28. The van der Waals surface area contributed by atoms with E-state index >= 15 is 0 Å². The van der Waals surface area contributed by atoms with Gasteiger partial charge in [0.05, 0.1) is 0 Å². The summed E-state index contributed by atoms with van der Waals surface area (Å²) < 4.78 is 1.21. The fraction of sp³-hybridized carbons (Fsp3) is 0.526. The summed E-state index contributed by atoms with van der Waals surface area (Å²) in [5, 5.41) is 3.18. The zero-order valence-electron chi connectivity index (χ0n) is 13.5. The molecule has 1 unspecified atom stereocenters. The molecular formula is C19H25NOS. The van der Waals surface area contributed by atoms with E-state index in [0.717, 1.165) is 30.6 Å². The number of piperidine rings is 1. The molecule has 0 amide bonds. The lowest BCUT2D eigenvalue weighted by atomic mass is 9.87. The van der Waals surface area contributed by atoms with E-state index in [1.807, 2.05) is 12.1 Å². The largest absolute Gasteiger partial charge is 0.303 e. The van der Waals surface area contributed by atoms with Crippen LogP contribution in [0.4, 0.5) is 0 Å². The summed E-state index contributed by atoms with van der Waals surface area (Å²) >= 11 is 1.68. The molecule has 3 heteroatoms. The average Bonchev–Trinajstić information content (AvgIpc) is 2.97. The van der Waals surface area contributed by atoms with Crippen LogP contribution in [0.3, 0.4) is 0 Å². The highest BCUT2D eigenvalue weighted by molar-refractivity contribution is 7.17. The molecule has 2 heterocycles. The molecule has 1 aliphatic rings. The Balaban J connectivity index is 1.82. The first-order valence-corrected chi connectivity index (χ1v) is 9.27. The summed E-state index contributed by atoms with van der Waals surface area (Å²) in [6.45, 7) is 7.59. The third kappa shape index (κ3) is 3.26. The van der Waals surface area contributed by atoms with Crippen LogP contribution in [-0.2, 0) is 0 Å². The molecule has 1 atom stereocenters. The Morgan fingerprint density at radius 2 is 1.91 bits per heavy atom. The van der Waals surface area contributed by atoms with Gasteiger partial charge in [-0.15, -0.1) is 11.3 Å². The standard InChI is InChI=1S/C19H25NOS/c1-14(2)16(12-20-10-6-3-7-11-20)19(21)17-13-22-18-9-5-4-8-15(17)18/h4-5,8-9,13-14,16H,3,6-7,10-12H2,1-2H3. The molecule has 3 rings (SSSR count). The van der Waals surface area contributed by atoms with E-state index in [-0.39, 0.29) is 5.92 Å². The summed E-state index contributed by atoms with van der Waals surface area (Å²) in [5.41, 5.74) is 0.927. The Labute approximate surface area is 137 Å². The molecule has 1 aromatic heterocycles. The van der Waals surface area contributed by atoms with Gasteiger partial charge in [-0.2, -0.15) is 0 Å². The molecule has 0 N–H and O–H groups in total. The fourth-order valence-electron chi connectivity index (χ4n) is 3.38. The topological polar surface area (TPSA) is 20.3 Å². The Morgan fingerprint density at radius 1 is 1.18 bits per heavy atom. The van der Waals surface area contributed by atoms with Crippen LogP contribution >= 0.6 is 11.3 Å². The Bertz CT molecular complexity index is 640. The van der Waals surface area contributed by atoms with Crippen LogP contribution in [0.1, 0.15) is 43.5 Å². The molecule has 1 saturated heterocycles. The zero-order valence-corrected chi connectivity index (χ0v) is 14.4. The van der Waals surface area contributed by atoms with Crippen LogP contribution in [0.5, 0.6) is 0 Å². The maximum absolute atomic E-state index is 13.1. The predicted octanol–water partition coefficient (Wildman–Crippen LogP) is 4.84. The molecule has 1 fully saturated rings. The van der Waals surface area contributed by atoms with E-state index in [1.54, 1.807) is 11.3 Å². The molecule has 118 valence electrons. The summed E-state index contributed by atoms with van der Waals surface area (Å²) in [7, 11) is 0. The number of ketones is 1. The number of rotatable bonds is 5. The van der Waals surface area contributed by atoms with Gasteiger partial charge in [0.15, 0.2) is 5.78 Å². The lowest BCUT2D eigenvalue weighted by molar-refractivity contribution is 0.0820. The van der Waals surface area contributed by atoms with E-state index in [4.69, 9.17) is 0 Å². The van der Waals surface area contributed by atoms with E-state index in [2.05, 4.69) is 36.3 Å². The quantitative estimate of drug-likeness (QED) is 0.736. The van der Waals surface area contributed by atoms with Crippen LogP contribution in [0, 0.1) is 11.8 Å². The highest BCUT2D eigenvalue weighted by Crippen LogP contribution is 2.30. The maximum atomic E-state index is 13.1. The smallest absolute Gasteiger partial charge is 0.168 e. The van der Waals surface area contributed by atoms with Crippen molar-refractivity contribution in [2.24, 2.45) is 11.8 Å². The molecule has 0 spiro atoms. The number of likely N-dealkylation sites (tertiary alicyclic amines) is 1. The number of hydrogen-bond donors (Lipinski definition) is 0. The summed E-state index contributed by atoms with van der Waals surface area (Å²) in [5.74, 6) is 0.821. The van der Waals surface area contributed by atoms with Gasteiger partial charge in [-0.1, -0.05) is 38.5 Å². The minimum absolute atomic E-state index is 0.108. The van der Waals surface area contributed by atoms with Crippen molar-refractivity contribution in [3.05, 3.63) is 35.2 Å². The normalized spacial score (nSPS) is 18.0. The minimum atomic E-state index is 0.108. The van der Waals surface area contributed by atoms with Crippen molar-refractivity contribution in [2.45, 2.75) is 33.1 Å². The number of Topliss-reactive ketones (excluding diaryl/α,β-unsaturated/α-hetero) is 1. The number of fused-ring (bicyclic) bond motifs is 1. The first-order valence-electron chi connectivity index (χ1n) is 8.39. The van der Waals surface area contributed by atoms with Gasteiger partial charge >= 0.3 is 0 Å². The molecule has 1 aliphatic heterocycles. The second-order valence-electron chi connectivity index (χ2n) is 6.72. The molecule has 0 saturated carbocycles. The Hall–Kier alpha value is -1.19. The fourth-order valence-corrected chi connectivity index (χ4v) is 4.34. The van der Waals surface area contributed by atoms with Crippen LogP contribution in [-0.4, -0.2) is 30.3 Å². The molecule has 2 aromatic rings.